The molecule has 1 aromatic carbocycles. The smallest absolute Gasteiger partial charge is 0.0314 e. The first-order chi connectivity index (χ1) is 8.58. The molecule has 0 unspecified atom stereocenters. The van der Waals surface area contributed by atoms with Gasteiger partial charge in [0.05, 0.1) is 0 Å². The summed E-state index contributed by atoms with van der Waals surface area (Å²) in [7, 11) is 0. The Morgan fingerprint density at radius 2 is 1.89 bits per heavy atom. The lowest BCUT2D eigenvalue weighted by molar-refractivity contribution is 0.470. The lowest BCUT2D eigenvalue weighted by Gasteiger charge is -2.25. The van der Waals surface area contributed by atoms with Crippen LogP contribution in [-0.4, -0.2) is 6.54 Å². The monoisotopic (exact) mass is 260 g/mol. The van der Waals surface area contributed by atoms with Crippen molar-refractivity contribution in [1.29, 1.82) is 0 Å². The second-order valence-corrected chi connectivity index (χ2v) is 6.22. The molecule has 2 aromatic rings. The topological polar surface area (TPSA) is 38.0 Å². The molecule has 0 aliphatic carbocycles. The lowest BCUT2D eigenvalue weighted by atomic mass is 9.84. The Morgan fingerprint density at radius 3 is 2.50 bits per heavy atom. The van der Waals surface area contributed by atoms with Crippen LogP contribution >= 0.6 is 11.3 Å². The highest BCUT2D eigenvalue weighted by Gasteiger charge is 2.19. The molecule has 0 saturated heterocycles. The summed E-state index contributed by atoms with van der Waals surface area (Å²) < 4.78 is 0. The fourth-order valence-electron chi connectivity index (χ4n) is 1.95. The molecule has 1 heterocycles. The molecule has 3 N–H and O–H groups in total. The highest BCUT2D eigenvalue weighted by atomic mass is 32.1. The summed E-state index contributed by atoms with van der Waals surface area (Å²) in [6.45, 7) is 6.39. The van der Waals surface area contributed by atoms with Gasteiger partial charge in [0.2, 0.25) is 0 Å². The van der Waals surface area contributed by atoms with E-state index in [2.05, 4.69) is 48.8 Å². The van der Waals surface area contributed by atoms with Crippen molar-refractivity contribution in [2.75, 3.05) is 12.3 Å². The molecule has 0 bridgehead atoms. The molecule has 0 aliphatic rings. The van der Waals surface area contributed by atoms with Crippen LogP contribution in [-0.2, 0) is 12.0 Å². The van der Waals surface area contributed by atoms with E-state index in [4.69, 9.17) is 5.73 Å². The maximum Gasteiger partial charge on any atom is 0.0314 e. The molecule has 18 heavy (non-hydrogen) atoms. The quantitative estimate of drug-likeness (QED) is 0.809. The summed E-state index contributed by atoms with van der Waals surface area (Å²) in [4.78, 5) is 1.38. The van der Waals surface area contributed by atoms with Gasteiger partial charge < -0.3 is 11.1 Å². The molecule has 1 aromatic heterocycles. The Balaban J connectivity index is 1.92. The standard InChI is InChI=1S/C15H20N2S/c1-15(2,12-5-7-13(16)8-6-12)11-17-10-14-4-3-9-18-14/h3-9,17H,10-11,16H2,1-2H3. The molecule has 96 valence electrons. The number of nitrogens with two attached hydrogens (primary N) is 1. The van der Waals surface area contributed by atoms with E-state index in [0.29, 0.717) is 0 Å². The van der Waals surface area contributed by atoms with E-state index >= 15 is 0 Å². The fraction of sp³-hybridized carbons (Fsp3) is 0.333. The van der Waals surface area contributed by atoms with Gasteiger partial charge in [0, 0.05) is 29.1 Å². The van der Waals surface area contributed by atoms with E-state index < -0.39 is 0 Å². The van der Waals surface area contributed by atoms with Crippen molar-refractivity contribution in [2.45, 2.75) is 25.8 Å². The van der Waals surface area contributed by atoms with Gasteiger partial charge in [0.15, 0.2) is 0 Å². The van der Waals surface area contributed by atoms with Crippen molar-refractivity contribution in [2.24, 2.45) is 0 Å². The number of benzene rings is 1. The molecule has 0 fully saturated rings. The summed E-state index contributed by atoms with van der Waals surface area (Å²) in [6, 6.07) is 12.4. The Kier molecular flexibility index (Phi) is 4.04. The SMILES string of the molecule is CC(C)(CNCc1cccs1)c1ccc(N)cc1. The normalized spacial score (nSPS) is 11.7. The second kappa shape index (κ2) is 5.55. The van der Waals surface area contributed by atoms with Crippen molar-refractivity contribution in [3.05, 3.63) is 52.2 Å². The van der Waals surface area contributed by atoms with Crippen molar-refractivity contribution in [1.82, 2.24) is 5.32 Å². The zero-order valence-corrected chi connectivity index (χ0v) is 11.8. The highest BCUT2D eigenvalue weighted by Crippen LogP contribution is 2.23. The largest absolute Gasteiger partial charge is 0.399 e. The zero-order valence-electron chi connectivity index (χ0n) is 10.9. The number of nitrogens with one attached hydrogen (secondary N) is 1. The third-order valence-corrected chi connectivity index (χ3v) is 4.01. The lowest BCUT2D eigenvalue weighted by Crippen LogP contribution is -2.32. The summed E-state index contributed by atoms with van der Waals surface area (Å²) in [5.74, 6) is 0. The number of hydrogen-bond donors (Lipinski definition) is 2. The van der Waals surface area contributed by atoms with E-state index in [1.165, 1.54) is 10.4 Å². The van der Waals surface area contributed by atoms with Crippen LogP contribution in [0.25, 0.3) is 0 Å². The van der Waals surface area contributed by atoms with Gasteiger partial charge in [-0.05, 0) is 29.1 Å². The minimum Gasteiger partial charge on any atom is -0.399 e. The van der Waals surface area contributed by atoms with Gasteiger partial charge in [-0.3, -0.25) is 0 Å². The van der Waals surface area contributed by atoms with Crippen molar-refractivity contribution in [3.63, 3.8) is 0 Å². The van der Waals surface area contributed by atoms with Gasteiger partial charge in [0.25, 0.3) is 0 Å². The molecule has 3 heteroatoms. The average molecular weight is 260 g/mol. The van der Waals surface area contributed by atoms with Gasteiger partial charge in [-0.2, -0.15) is 0 Å². The maximum absolute atomic E-state index is 5.72. The van der Waals surface area contributed by atoms with Crippen LogP contribution < -0.4 is 11.1 Å². The molecule has 2 nitrogen and oxygen atoms in total. The minimum atomic E-state index is 0.116. The molecular formula is C15H20N2S. The minimum absolute atomic E-state index is 0.116. The molecule has 0 radical (unpaired) electrons. The summed E-state index contributed by atoms with van der Waals surface area (Å²) in [6.07, 6.45) is 0. The fourth-order valence-corrected chi connectivity index (χ4v) is 2.62. The molecule has 2 rings (SSSR count). The first kappa shape index (κ1) is 13.1. The number of nitrogen functional groups attached to an aromatic ring is 1. The Bertz CT molecular complexity index is 472. The van der Waals surface area contributed by atoms with Crippen LogP contribution in [0, 0.1) is 0 Å². The van der Waals surface area contributed by atoms with Crippen LogP contribution in [0.15, 0.2) is 41.8 Å². The molecule has 0 amide bonds. The number of hydrogen-bond acceptors (Lipinski definition) is 3. The van der Waals surface area contributed by atoms with Crippen LogP contribution in [0.2, 0.25) is 0 Å². The van der Waals surface area contributed by atoms with Crippen LogP contribution in [0.1, 0.15) is 24.3 Å². The Hall–Kier alpha value is -1.32. The third kappa shape index (κ3) is 3.34. The molecule has 0 atom stereocenters. The first-order valence-corrected chi connectivity index (χ1v) is 7.05. The zero-order chi connectivity index (χ0) is 13.0. The van der Waals surface area contributed by atoms with Gasteiger partial charge in [-0.1, -0.05) is 32.0 Å². The summed E-state index contributed by atoms with van der Waals surface area (Å²) in [5.41, 5.74) is 7.97. The van der Waals surface area contributed by atoms with Gasteiger partial charge in [-0.25, -0.2) is 0 Å². The number of anilines is 1. The van der Waals surface area contributed by atoms with Crippen molar-refractivity contribution in [3.8, 4) is 0 Å². The first-order valence-electron chi connectivity index (χ1n) is 6.17. The third-order valence-electron chi connectivity index (χ3n) is 3.14. The van der Waals surface area contributed by atoms with Crippen LogP contribution in [0.3, 0.4) is 0 Å². The van der Waals surface area contributed by atoms with E-state index in [1.54, 1.807) is 11.3 Å². The van der Waals surface area contributed by atoms with Gasteiger partial charge in [0.1, 0.15) is 0 Å². The second-order valence-electron chi connectivity index (χ2n) is 5.19. The summed E-state index contributed by atoms with van der Waals surface area (Å²) in [5, 5.41) is 5.63. The van der Waals surface area contributed by atoms with E-state index in [9.17, 15) is 0 Å². The average Bonchev–Trinajstić information content (AvgIpc) is 2.82. The number of rotatable bonds is 5. The molecule has 0 spiro atoms. The predicted octanol–water partition coefficient (Wildman–Crippen LogP) is 3.40. The van der Waals surface area contributed by atoms with Crippen LogP contribution in [0.4, 0.5) is 5.69 Å². The number of thiophene rings is 1. The van der Waals surface area contributed by atoms with E-state index in [0.717, 1.165) is 18.8 Å². The Labute approximate surface area is 113 Å². The van der Waals surface area contributed by atoms with E-state index in [1.807, 2.05) is 12.1 Å². The van der Waals surface area contributed by atoms with Crippen LogP contribution in [0.5, 0.6) is 0 Å². The molecular weight excluding hydrogens is 240 g/mol. The van der Waals surface area contributed by atoms with Crippen molar-refractivity contribution < 1.29 is 0 Å². The maximum atomic E-state index is 5.72. The predicted molar refractivity (Wildman–Crippen MR) is 79.9 cm³/mol. The summed E-state index contributed by atoms with van der Waals surface area (Å²) >= 11 is 1.79. The Morgan fingerprint density at radius 1 is 1.17 bits per heavy atom. The molecule has 0 saturated carbocycles. The van der Waals surface area contributed by atoms with E-state index in [-0.39, 0.29) is 5.41 Å². The highest BCUT2D eigenvalue weighted by molar-refractivity contribution is 7.09. The van der Waals surface area contributed by atoms with Crippen molar-refractivity contribution >= 4 is 17.0 Å². The van der Waals surface area contributed by atoms with Gasteiger partial charge >= 0.3 is 0 Å². The van der Waals surface area contributed by atoms with Gasteiger partial charge in [-0.15, -0.1) is 11.3 Å². The molecule has 0 aliphatic heterocycles.